The number of amides is 1. The Labute approximate surface area is 186 Å². The van der Waals surface area contributed by atoms with Gasteiger partial charge in [-0.2, -0.15) is 15.0 Å². The summed E-state index contributed by atoms with van der Waals surface area (Å²) in [6.07, 6.45) is 0. The lowest BCUT2D eigenvalue weighted by atomic mass is 9.69. The average molecular weight is 448 g/mol. The quantitative estimate of drug-likeness (QED) is 0.577. The van der Waals surface area contributed by atoms with Crippen LogP contribution in [0.1, 0.15) is 21.6 Å². The zero-order valence-electron chi connectivity index (χ0n) is 16.5. The number of anilines is 1. The Hall–Kier alpha value is -4.29. The molecule has 1 unspecified atom stereocenters. The van der Waals surface area contributed by atoms with E-state index in [1.54, 1.807) is 42.5 Å². The Kier molecular flexibility index (Phi) is 4.22. The van der Waals surface area contributed by atoms with Crippen molar-refractivity contribution in [1.82, 2.24) is 9.78 Å². The summed E-state index contributed by atoms with van der Waals surface area (Å²) < 4.78 is 12.1. The molecule has 1 amide bonds. The van der Waals surface area contributed by atoms with Gasteiger partial charge in [0.2, 0.25) is 17.7 Å². The second-order valence-corrected chi connectivity index (χ2v) is 7.55. The van der Waals surface area contributed by atoms with Gasteiger partial charge in [-0.3, -0.25) is 4.79 Å². The number of methoxy groups -OCH3 is 1. The van der Waals surface area contributed by atoms with Crippen molar-refractivity contribution >= 4 is 29.2 Å². The Morgan fingerprint density at radius 2 is 2.06 bits per heavy atom. The fraction of sp³-hybridized carbons (Fsp3) is 0.0909. The number of nitrogens with two attached hydrogens (primary N) is 1. The molecule has 1 spiro atoms. The molecule has 0 fully saturated rings. The number of para-hydroxylation sites is 1. The van der Waals surface area contributed by atoms with Crippen LogP contribution in [0, 0.1) is 11.3 Å². The van der Waals surface area contributed by atoms with Crippen molar-refractivity contribution < 1.29 is 19.1 Å². The molecule has 32 heavy (non-hydrogen) atoms. The van der Waals surface area contributed by atoms with Crippen molar-refractivity contribution in [2.75, 3.05) is 12.4 Å². The zero-order valence-corrected chi connectivity index (χ0v) is 17.3. The molecule has 0 saturated carbocycles. The van der Waals surface area contributed by atoms with Crippen LogP contribution in [0.25, 0.3) is 5.69 Å². The zero-order chi connectivity index (χ0) is 22.6. The Morgan fingerprint density at radius 3 is 2.75 bits per heavy atom. The number of nitriles is 1. The molecule has 0 aliphatic carbocycles. The third kappa shape index (κ3) is 2.41. The maximum Gasteiger partial charge on any atom is 0.359 e. The van der Waals surface area contributed by atoms with Crippen LogP contribution in [0.5, 0.6) is 5.88 Å². The number of ether oxygens (including phenoxy) is 2. The van der Waals surface area contributed by atoms with Gasteiger partial charge in [0.15, 0.2) is 5.69 Å². The lowest BCUT2D eigenvalue weighted by molar-refractivity contribution is -0.118. The fourth-order valence-electron chi connectivity index (χ4n) is 4.19. The maximum atomic E-state index is 13.6. The third-order valence-electron chi connectivity index (χ3n) is 5.51. The first kappa shape index (κ1) is 19.7. The molecule has 0 bridgehead atoms. The van der Waals surface area contributed by atoms with E-state index in [-0.39, 0.29) is 28.6 Å². The highest BCUT2D eigenvalue weighted by molar-refractivity contribution is 6.31. The lowest BCUT2D eigenvalue weighted by Gasteiger charge is -2.32. The van der Waals surface area contributed by atoms with Gasteiger partial charge < -0.3 is 20.5 Å². The van der Waals surface area contributed by atoms with Crippen molar-refractivity contribution in [3.8, 4) is 17.6 Å². The molecule has 9 nitrogen and oxygen atoms in total. The summed E-state index contributed by atoms with van der Waals surface area (Å²) in [5.41, 5.74) is 5.36. The first-order chi connectivity index (χ1) is 15.4. The molecule has 3 heterocycles. The number of aromatic nitrogens is 2. The van der Waals surface area contributed by atoms with Gasteiger partial charge in [0.1, 0.15) is 17.1 Å². The first-order valence-corrected chi connectivity index (χ1v) is 9.78. The molecule has 0 radical (unpaired) electrons. The summed E-state index contributed by atoms with van der Waals surface area (Å²) in [4.78, 5) is 26.4. The number of nitrogens with zero attached hydrogens (tertiary/aromatic N) is 3. The summed E-state index contributed by atoms with van der Waals surface area (Å²) in [5.74, 6) is -1.65. The second kappa shape index (κ2) is 6.87. The molecular weight excluding hydrogens is 434 g/mol. The molecular formula is C22H14ClN5O4. The van der Waals surface area contributed by atoms with Crippen LogP contribution in [0.2, 0.25) is 5.02 Å². The molecule has 0 saturated heterocycles. The average Bonchev–Trinajstić information content (AvgIpc) is 3.30. The van der Waals surface area contributed by atoms with Crippen molar-refractivity contribution in [3.05, 3.63) is 81.8 Å². The predicted molar refractivity (Wildman–Crippen MR) is 113 cm³/mol. The van der Waals surface area contributed by atoms with Crippen LogP contribution in [-0.4, -0.2) is 28.8 Å². The molecule has 5 rings (SSSR count). The van der Waals surface area contributed by atoms with Crippen molar-refractivity contribution in [2.45, 2.75) is 5.41 Å². The van der Waals surface area contributed by atoms with Gasteiger partial charge in [0, 0.05) is 16.3 Å². The van der Waals surface area contributed by atoms with Gasteiger partial charge in [0.05, 0.1) is 18.4 Å². The number of hydrogen-bond donors (Lipinski definition) is 2. The first-order valence-electron chi connectivity index (χ1n) is 9.40. The Bertz CT molecular complexity index is 1390. The van der Waals surface area contributed by atoms with Gasteiger partial charge in [-0.15, -0.1) is 0 Å². The fourth-order valence-corrected chi connectivity index (χ4v) is 4.37. The van der Waals surface area contributed by atoms with E-state index >= 15 is 0 Å². The van der Waals surface area contributed by atoms with E-state index in [1.807, 2.05) is 12.1 Å². The Balaban J connectivity index is 1.95. The molecule has 3 aromatic rings. The predicted octanol–water partition coefficient (Wildman–Crippen LogP) is 2.64. The van der Waals surface area contributed by atoms with Crippen LogP contribution in [0.15, 0.2) is 60.0 Å². The van der Waals surface area contributed by atoms with Crippen molar-refractivity contribution in [1.29, 1.82) is 5.26 Å². The topological polar surface area (TPSA) is 132 Å². The number of hydrogen-bond acceptors (Lipinski definition) is 7. The number of fused-ring (bicyclic) bond motifs is 4. The molecule has 2 aliphatic rings. The highest BCUT2D eigenvalue weighted by atomic mass is 35.5. The summed E-state index contributed by atoms with van der Waals surface area (Å²) in [5, 5.41) is 17.5. The number of rotatable bonds is 2. The van der Waals surface area contributed by atoms with E-state index in [4.69, 9.17) is 26.8 Å². The maximum absolute atomic E-state index is 13.6. The summed E-state index contributed by atoms with van der Waals surface area (Å²) >= 11 is 6.25. The summed E-state index contributed by atoms with van der Waals surface area (Å²) in [7, 11) is 1.20. The van der Waals surface area contributed by atoms with Crippen LogP contribution in [0.3, 0.4) is 0 Å². The van der Waals surface area contributed by atoms with Crippen LogP contribution >= 0.6 is 11.6 Å². The summed E-state index contributed by atoms with van der Waals surface area (Å²) in [6.45, 7) is 0. The Morgan fingerprint density at radius 1 is 1.31 bits per heavy atom. The molecule has 10 heteroatoms. The van der Waals surface area contributed by atoms with Gasteiger partial charge >= 0.3 is 5.97 Å². The van der Waals surface area contributed by atoms with Crippen molar-refractivity contribution in [2.24, 2.45) is 5.73 Å². The van der Waals surface area contributed by atoms with Crippen molar-refractivity contribution in [3.63, 3.8) is 0 Å². The van der Waals surface area contributed by atoms with Crippen LogP contribution in [0.4, 0.5) is 5.69 Å². The van der Waals surface area contributed by atoms with Gasteiger partial charge in [-0.25, -0.2) is 4.79 Å². The van der Waals surface area contributed by atoms with E-state index in [1.165, 1.54) is 11.8 Å². The minimum atomic E-state index is -1.80. The highest BCUT2D eigenvalue weighted by Crippen LogP contribution is 2.55. The van der Waals surface area contributed by atoms with E-state index in [0.717, 1.165) is 0 Å². The number of esters is 1. The number of benzene rings is 2. The number of nitrogens with one attached hydrogen (secondary N) is 1. The SMILES string of the molecule is COC(=O)c1nn(-c2ccccc2)c2c1C1(C(=O)Nc3ccc(Cl)cc31)C(C#N)=C(N)O2. The smallest absolute Gasteiger partial charge is 0.359 e. The molecule has 1 aromatic heterocycles. The van der Waals surface area contributed by atoms with Gasteiger partial charge in [-0.05, 0) is 30.3 Å². The number of carbonyl (C=O) groups excluding carboxylic acids is 2. The van der Waals surface area contributed by atoms with Gasteiger partial charge in [-0.1, -0.05) is 29.8 Å². The van der Waals surface area contributed by atoms with E-state index in [2.05, 4.69) is 10.4 Å². The highest BCUT2D eigenvalue weighted by Gasteiger charge is 2.60. The van der Waals surface area contributed by atoms with Crippen LogP contribution < -0.4 is 15.8 Å². The number of carbonyl (C=O) groups is 2. The minimum Gasteiger partial charge on any atom is -0.464 e. The van der Waals surface area contributed by atoms with Gasteiger partial charge in [0.25, 0.3) is 0 Å². The standard InChI is InChI=1S/C22H14ClN5O4/c1-31-20(29)17-16-19(28(27-17)12-5-3-2-4-6-12)32-18(25)14(10-24)22(16)13-9-11(23)7-8-15(13)26-21(22)30/h2-9H,25H2,1H3,(H,26,30). The van der Waals surface area contributed by atoms with E-state index in [9.17, 15) is 14.9 Å². The molecule has 2 aliphatic heterocycles. The number of halogens is 1. The van der Waals surface area contributed by atoms with E-state index in [0.29, 0.717) is 22.0 Å². The lowest BCUT2D eigenvalue weighted by Crippen LogP contribution is -2.43. The molecule has 2 aromatic carbocycles. The minimum absolute atomic E-state index is 0.0241. The normalized spacial score (nSPS) is 18.5. The van der Waals surface area contributed by atoms with Crippen LogP contribution in [-0.2, 0) is 14.9 Å². The third-order valence-corrected chi connectivity index (χ3v) is 5.75. The monoisotopic (exact) mass is 447 g/mol. The summed E-state index contributed by atoms with van der Waals surface area (Å²) in [6, 6.07) is 15.6. The molecule has 1 atom stereocenters. The van der Waals surface area contributed by atoms with E-state index < -0.39 is 17.3 Å². The molecule has 158 valence electrons. The second-order valence-electron chi connectivity index (χ2n) is 7.11. The molecule has 3 N–H and O–H groups in total. The largest absolute Gasteiger partial charge is 0.464 e.